The standard InChI is InChI=1S/C24H29N3O3/c1-15-12-21-22(14-25-24(21)29)26-23(15)27-9-6-18(7-10-27)30-19-4-5-20-16(8-11-28)2-3-17(20)13-19/h4-5,12-13,16,18,28H,2-3,6-11,14H2,1H3,(H,25,29)/t16-/m1/s1. The van der Waals surface area contributed by atoms with E-state index in [0.717, 1.165) is 68.0 Å². The summed E-state index contributed by atoms with van der Waals surface area (Å²) in [6, 6.07) is 8.46. The zero-order valence-corrected chi connectivity index (χ0v) is 17.5. The minimum absolute atomic E-state index is 0.0173. The summed E-state index contributed by atoms with van der Waals surface area (Å²) in [5.74, 6) is 2.44. The summed E-state index contributed by atoms with van der Waals surface area (Å²) >= 11 is 0. The lowest BCUT2D eigenvalue weighted by Gasteiger charge is -2.34. The Balaban J connectivity index is 1.22. The number of hydrogen-bond donors (Lipinski definition) is 2. The molecule has 0 spiro atoms. The summed E-state index contributed by atoms with van der Waals surface area (Å²) in [5, 5.41) is 12.1. The molecule has 0 radical (unpaired) electrons. The molecule has 1 aromatic carbocycles. The number of piperidine rings is 1. The van der Waals surface area contributed by atoms with E-state index in [9.17, 15) is 9.90 Å². The first-order valence-corrected chi connectivity index (χ1v) is 11.1. The van der Waals surface area contributed by atoms with E-state index in [2.05, 4.69) is 28.4 Å². The summed E-state index contributed by atoms with van der Waals surface area (Å²) in [7, 11) is 0. The van der Waals surface area contributed by atoms with Crippen LogP contribution in [0.25, 0.3) is 0 Å². The SMILES string of the molecule is Cc1cc2c(nc1N1CCC(Oc3ccc4c(c3)CC[C@@H]4CCO)CC1)CNC2=O. The summed E-state index contributed by atoms with van der Waals surface area (Å²) in [6.45, 7) is 4.63. The van der Waals surface area contributed by atoms with Crippen LogP contribution in [0.1, 0.15) is 64.3 Å². The van der Waals surface area contributed by atoms with E-state index in [0.29, 0.717) is 18.0 Å². The molecule has 30 heavy (non-hydrogen) atoms. The fourth-order valence-corrected chi connectivity index (χ4v) is 5.14. The third kappa shape index (κ3) is 3.54. The Morgan fingerprint density at radius 3 is 2.87 bits per heavy atom. The Kier molecular flexibility index (Phi) is 5.11. The van der Waals surface area contributed by atoms with Crippen LogP contribution in [0.15, 0.2) is 24.3 Å². The number of anilines is 1. The van der Waals surface area contributed by atoms with Crippen LogP contribution in [0.3, 0.4) is 0 Å². The number of benzene rings is 1. The van der Waals surface area contributed by atoms with Crippen LogP contribution >= 0.6 is 0 Å². The van der Waals surface area contributed by atoms with Gasteiger partial charge in [0.05, 0.1) is 17.8 Å². The lowest BCUT2D eigenvalue weighted by atomic mass is 9.98. The number of nitrogens with zero attached hydrogens (tertiary/aromatic N) is 2. The molecule has 1 atom stereocenters. The van der Waals surface area contributed by atoms with Crippen LogP contribution in [0.4, 0.5) is 5.82 Å². The van der Waals surface area contributed by atoms with Crippen LogP contribution < -0.4 is 15.0 Å². The quantitative estimate of drug-likeness (QED) is 0.797. The molecule has 6 heteroatoms. The molecule has 2 aromatic rings. The van der Waals surface area contributed by atoms with Gasteiger partial charge in [0.15, 0.2) is 0 Å². The Bertz CT molecular complexity index is 966. The summed E-state index contributed by atoms with van der Waals surface area (Å²) in [5.41, 5.74) is 5.40. The minimum atomic E-state index is -0.0173. The van der Waals surface area contributed by atoms with Gasteiger partial charge in [0, 0.05) is 32.5 Å². The first-order valence-electron chi connectivity index (χ1n) is 11.1. The van der Waals surface area contributed by atoms with E-state index in [-0.39, 0.29) is 18.6 Å². The molecule has 5 rings (SSSR count). The number of aliphatic hydroxyl groups is 1. The molecule has 0 unspecified atom stereocenters. The predicted octanol–water partition coefficient (Wildman–Crippen LogP) is 3.09. The normalized spacial score (nSPS) is 20.8. The third-order valence-electron chi connectivity index (χ3n) is 6.76. The number of carbonyl (C=O) groups is 1. The Labute approximate surface area is 177 Å². The van der Waals surface area contributed by atoms with Crippen LogP contribution in [0.2, 0.25) is 0 Å². The van der Waals surface area contributed by atoms with Crippen molar-refractivity contribution in [2.45, 2.75) is 57.6 Å². The highest BCUT2D eigenvalue weighted by atomic mass is 16.5. The summed E-state index contributed by atoms with van der Waals surface area (Å²) in [6.07, 6.45) is 5.19. The first-order chi connectivity index (χ1) is 14.6. The highest BCUT2D eigenvalue weighted by Crippen LogP contribution is 2.37. The number of pyridine rings is 1. The number of aliphatic hydroxyl groups excluding tert-OH is 1. The monoisotopic (exact) mass is 407 g/mol. The number of carbonyl (C=O) groups excluding carboxylic acids is 1. The van der Waals surface area contributed by atoms with Gasteiger partial charge >= 0.3 is 0 Å². The molecule has 1 fully saturated rings. The van der Waals surface area contributed by atoms with Gasteiger partial charge in [-0.2, -0.15) is 0 Å². The Morgan fingerprint density at radius 2 is 2.07 bits per heavy atom. The maximum atomic E-state index is 11.9. The third-order valence-corrected chi connectivity index (χ3v) is 6.76. The molecular formula is C24H29N3O3. The van der Waals surface area contributed by atoms with Crippen LogP contribution in [-0.2, 0) is 13.0 Å². The maximum Gasteiger partial charge on any atom is 0.253 e. The van der Waals surface area contributed by atoms with Gasteiger partial charge in [-0.15, -0.1) is 0 Å². The van der Waals surface area contributed by atoms with Gasteiger partial charge in [0.1, 0.15) is 17.7 Å². The molecule has 1 aliphatic carbocycles. The molecule has 2 N–H and O–H groups in total. The molecule has 3 heterocycles. The zero-order chi connectivity index (χ0) is 20.7. The van der Waals surface area contributed by atoms with Gasteiger partial charge in [0.2, 0.25) is 0 Å². The topological polar surface area (TPSA) is 74.7 Å². The second kappa shape index (κ2) is 7.91. The van der Waals surface area contributed by atoms with Crippen molar-refractivity contribution < 1.29 is 14.6 Å². The van der Waals surface area contributed by atoms with Gasteiger partial charge in [-0.25, -0.2) is 4.98 Å². The number of aryl methyl sites for hydroxylation is 2. The smallest absolute Gasteiger partial charge is 0.253 e. The highest BCUT2D eigenvalue weighted by molar-refractivity contribution is 5.98. The molecule has 0 saturated carbocycles. The largest absolute Gasteiger partial charge is 0.490 e. The van der Waals surface area contributed by atoms with E-state index in [1.165, 1.54) is 11.1 Å². The van der Waals surface area contributed by atoms with Crippen LogP contribution in [0, 0.1) is 6.92 Å². The lowest BCUT2D eigenvalue weighted by Crippen LogP contribution is -2.39. The van der Waals surface area contributed by atoms with Crippen molar-refractivity contribution in [2.75, 3.05) is 24.6 Å². The van der Waals surface area contributed by atoms with Crippen molar-refractivity contribution in [3.8, 4) is 5.75 Å². The molecule has 1 saturated heterocycles. The van der Waals surface area contributed by atoms with Gasteiger partial charge in [-0.1, -0.05) is 6.07 Å². The molecule has 6 nitrogen and oxygen atoms in total. The van der Waals surface area contributed by atoms with Crippen molar-refractivity contribution >= 4 is 11.7 Å². The zero-order valence-electron chi connectivity index (χ0n) is 17.5. The van der Waals surface area contributed by atoms with E-state index in [1.807, 2.05) is 13.0 Å². The molecular weight excluding hydrogens is 378 g/mol. The molecule has 3 aliphatic rings. The number of rotatable bonds is 5. The maximum absolute atomic E-state index is 11.9. The second-order valence-electron chi connectivity index (χ2n) is 8.72. The molecule has 1 amide bonds. The number of ether oxygens (including phenoxy) is 1. The van der Waals surface area contributed by atoms with Crippen molar-refractivity contribution in [3.63, 3.8) is 0 Å². The number of hydrogen-bond acceptors (Lipinski definition) is 5. The highest BCUT2D eigenvalue weighted by Gasteiger charge is 2.27. The second-order valence-corrected chi connectivity index (χ2v) is 8.72. The minimum Gasteiger partial charge on any atom is -0.490 e. The Hall–Kier alpha value is -2.60. The average molecular weight is 408 g/mol. The van der Waals surface area contributed by atoms with Gasteiger partial charge in [-0.05, 0) is 67.0 Å². The molecule has 2 aliphatic heterocycles. The van der Waals surface area contributed by atoms with Crippen molar-refractivity contribution in [2.24, 2.45) is 0 Å². The lowest BCUT2D eigenvalue weighted by molar-refractivity contribution is 0.0965. The van der Waals surface area contributed by atoms with E-state index < -0.39 is 0 Å². The van der Waals surface area contributed by atoms with Gasteiger partial charge in [-0.3, -0.25) is 4.79 Å². The fraction of sp³-hybridized carbons (Fsp3) is 0.500. The van der Waals surface area contributed by atoms with Crippen LogP contribution in [0.5, 0.6) is 5.75 Å². The number of nitrogens with one attached hydrogen (secondary N) is 1. The number of fused-ring (bicyclic) bond motifs is 2. The van der Waals surface area contributed by atoms with Gasteiger partial charge < -0.3 is 20.1 Å². The summed E-state index contributed by atoms with van der Waals surface area (Å²) < 4.78 is 6.33. The first kappa shape index (κ1) is 19.4. The fourth-order valence-electron chi connectivity index (χ4n) is 5.14. The Morgan fingerprint density at radius 1 is 1.23 bits per heavy atom. The molecule has 158 valence electrons. The van der Waals surface area contributed by atoms with E-state index >= 15 is 0 Å². The average Bonchev–Trinajstić information content (AvgIpc) is 3.32. The van der Waals surface area contributed by atoms with E-state index in [1.54, 1.807) is 0 Å². The predicted molar refractivity (Wildman–Crippen MR) is 115 cm³/mol. The van der Waals surface area contributed by atoms with Gasteiger partial charge in [0.25, 0.3) is 5.91 Å². The van der Waals surface area contributed by atoms with Crippen molar-refractivity contribution in [1.29, 1.82) is 0 Å². The molecule has 0 bridgehead atoms. The van der Waals surface area contributed by atoms with Crippen molar-refractivity contribution in [3.05, 3.63) is 52.2 Å². The summed E-state index contributed by atoms with van der Waals surface area (Å²) in [4.78, 5) is 19.0. The van der Waals surface area contributed by atoms with Crippen LogP contribution in [-0.4, -0.2) is 41.8 Å². The molecule has 1 aromatic heterocycles. The number of amides is 1. The van der Waals surface area contributed by atoms with E-state index in [4.69, 9.17) is 9.72 Å². The van der Waals surface area contributed by atoms with Crippen molar-refractivity contribution in [1.82, 2.24) is 10.3 Å². The number of aromatic nitrogens is 1.